The largest absolute Gasteiger partial charge is 0.341 e. The van der Waals surface area contributed by atoms with Gasteiger partial charge in [-0.2, -0.15) is 0 Å². The smallest absolute Gasteiger partial charge is 0.321 e. The number of amides is 4. The van der Waals surface area contributed by atoms with Crippen LogP contribution in [0.15, 0.2) is 54.6 Å². The summed E-state index contributed by atoms with van der Waals surface area (Å²) in [7, 11) is 0. The summed E-state index contributed by atoms with van der Waals surface area (Å²) in [5, 5.41) is 3.02. The Morgan fingerprint density at radius 2 is 1.57 bits per heavy atom. The van der Waals surface area contributed by atoms with E-state index in [0.717, 1.165) is 42.9 Å². The van der Waals surface area contributed by atoms with E-state index in [0.29, 0.717) is 38.5 Å². The number of urea groups is 1. The highest BCUT2D eigenvalue weighted by atomic mass is 16.2. The number of rotatable bonds is 4. The lowest BCUT2D eigenvalue weighted by atomic mass is 9.85. The van der Waals surface area contributed by atoms with Crippen LogP contribution in [0.4, 0.5) is 16.2 Å². The lowest BCUT2D eigenvalue weighted by Gasteiger charge is -2.43. The van der Waals surface area contributed by atoms with E-state index in [1.807, 2.05) is 66.4 Å². The predicted molar refractivity (Wildman–Crippen MR) is 144 cm³/mol. The molecule has 196 valence electrons. The number of anilines is 2. The van der Waals surface area contributed by atoms with Crippen LogP contribution in [-0.2, 0) is 9.59 Å². The van der Waals surface area contributed by atoms with Gasteiger partial charge in [-0.15, -0.1) is 0 Å². The minimum atomic E-state index is -0.752. The summed E-state index contributed by atoms with van der Waals surface area (Å²) in [6, 6.07) is 17.5. The van der Waals surface area contributed by atoms with Gasteiger partial charge in [0.25, 0.3) is 5.91 Å². The summed E-state index contributed by atoms with van der Waals surface area (Å²) in [4.78, 5) is 47.6. The maximum atomic E-state index is 13.9. The normalized spacial score (nSPS) is 20.0. The van der Waals surface area contributed by atoms with Crippen molar-refractivity contribution in [2.45, 2.75) is 45.1 Å². The van der Waals surface area contributed by atoms with Gasteiger partial charge in [-0.3, -0.25) is 9.59 Å². The van der Waals surface area contributed by atoms with E-state index in [1.54, 1.807) is 9.80 Å². The number of para-hydroxylation sites is 2. The van der Waals surface area contributed by atoms with Crippen molar-refractivity contribution in [2.75, 3.05) is 49.6 Å². The van der Waals surface area contributed by atoms with Crippen LogP contribution in [0.1, 0.15) is 38.2 Å². The van der Waals surface area contributed by atoms with Gasteiger partial charge in [-0.25, -0.2) is 4.79 Å². The predicted octanol–water partition coefficient (Wildman–Crippen LogP) is 3.93. The first-order valence-corrected chi connectivity index (χ1v) is 13.4. The fourth-order valence-electron chi connectivity index (χ4n) is 5.83. The Morgan fingerprint density at radius 1 is 0.919 bits per heavy atom. The van der Waals surface area contributed by atoms with Crippen molar-refractivity contribution in [2.24, 2.45) is 5.92 Å². The summed E-state index contributed by atoms with van der Waals surface area (Å²) in [5.74, 6) is 0.664. The molecule has 8 nitrogen and oxygen atoms in total. The zero-order chi connectivity index (χ0) is 26.0. The van der Waals surface area contributed by atoms with E-state index in [9.17, 15) is 14.4 Å². The van der Waals surface area contributed by atoms with Crippen molar-refractivity contribution in [3.8, 4) is 0 Å². The highest BCUT2D eigenvalue weighted by molar-refractivity contribution is 5.97. The van der Waals surface area contributed by atoms with Crippen LogP contribution in [0.5, 0.6) is 0 Å². The lowest BCUT2D eigenvalue weighted by Crippen LogP contribution is -2.58. The Balaban J connectivity index is 1.30. The van der Waals surface area contributed by atoms with Crippen LogP contribution in [0.2, 0.25) is 0 Å². The number of carbonyl (C=O) groups excluding carboxylic acids is 3. The number of hydrogen-bond donors (Lipinski definition) is 1. The van der Waals surface area contributed by atoms with Crippen molar-refractivity contribution < 1.29 is 14.4 Å². The third-order valence-electron chi connectivity index (χ3n) is 8.31. The molecular formula is C29H37N5O3. The molecule has 3 saturated heterocycles. The summed E-state index contributed by atoms with van der Waals surface area (Å²) in [5.41, 5.74) is 2.02. The summed E-state index contributed by atoms with van der Waals surface area (Å²) in [6.45, 7) is 7.15. The van der Waals surface area contributed by atoms with Crippen LogP contribution in [0, 0.1) is 12.8 Å². The molecule has 1 spiro atoms. The Morgan fingerprint density at radius 3 is 2.24 bits per heavy atom. The molecule has 4 amide bonds. The number of nitrogens with zero attached hydrogens (tertiary/aromatic N) is 4. The third kappa shape index (κ3) is 5.02. The highest BCUT2D eigenvalue weighted by Crippen LogP contribution is 2.39. The molecule has 0 atom stereocenters. The van der Waals surface area contributed by atoms with Gasteiger partial charge in [0.05, 0.1) is 6.67 Å². The molecule has 0 bridgehead atoms. The van der Waals surface area contributed by atoms with Gasteiger partial charge in [0.1, 0.15) is 12.1 Å². The minimum absolute atomic E-state index is 0.00552. The molecule has 0 aromatic heterocycles. The number of aryl methyl sites for hydroxylation is 1. The molecule has 8 heteroatoms. The van der Waals surface area contributed by atoms with Gasteiger partial charge < -0.3 is 24.9 Å². The average Bonchev–Trinajstić information content (AvgIpc) is 3.17. The topological polar surface area (TPSA) is 76.2 Å². The fourth-order valence-corrected chi connectivity index (χ4v) is 5.83. The zero-order valence-corrected chi connectivity index (χ0v) is 21.9. The quantitative estimate of drug-likeness (QED) is 0.686. The van der Waals surface area contributed by atoms with Crippen LogP contribution in [0.3, 0.4) is 0 Å². The molecule has 1 N–H and O–H groups in total. The lowest BCUT2D eigenvalue weighted by molar-refractivity contribution is -0.141. The van der Waals surface area contributed by atoms with Crippen molar-refractivity contribution >= 4 is 29.2 Å². The maximum absolute atomic E-state index is 13.9. The van der Waals surface area contributed by atoms with Crippen molar-refractivity contribution in [1.29, 1.82) is 0 Å². The molecular weight excluding hydrogens is 466 g/mol. The molecule has 2 aromatic carbocycles. The second kappa shape index (κ2) is 10.4. The number of piperidine rings is 2. The number of likely N-dealkylation sites (tertiary alicyclic amines) is 2. The van der Waals surface area contributed by atoms with E-state index in [1.165, 1.54) is 0 Å². The number of hydrogen-bond acceptors (Lipinski definition) is 4. The third-order valence-corrected chi connectivity index (χ3v) is 8.31. The Kier molecular flexibility index (Phi) is 7.09. The molecule has 3 aliphatic rings. The standard InChI is InChI=1S/C29H37N5O3/c1-22-12-16-31(17-13-22)26(35)20-33-21-34(24-9-4-3-5-10-24)29(27(33)36)14-18-32(19-15-29)28(37)30-25-11-7-6-8-23(25)2/h3-11,22H,12-21H2,1-2H3,(H,30,37). The molecule has 0 aliphatic carbocycles. The number of carbonyl (C=O) groups is 3. The summed E-state index contributed by atoms with van der Waals surface area (Å²) in [6.07, 6.45) is 3.07. The van der Waals surface area contributed by atoms with Gasteiger partial charge in [0.2, 0.25) is 5.91 Å². The SMILES string of the molecule is Cc1ccccc1NC(=O)N1CCC2(CC1)C(=O)N(CC(=O)N1CCC(C)CC1)CN2c1ccccc1. The van der Waals surface area contributed by atoms with Crippen molar-refractivity contribution in [1.82, 2.24) is 14.7 Å². The second-order valence-electron chi connectivity index (χ2n) is 10.7. The Bertz CT molecular complexity index is 1140. The van der Waals surface area contributed by atoms with E-state index < -0.39 is 5.54 Å². The molecule has 5 rings (SSSR count). The number of benzene rings is 2. The van der Waals surface area contributed by atoms with E-state index >= 15 is 0 Å². The first-order valence-electron chi connectivity index (χ1n) is 13.4. The molecule has 3 fully saturated rings. The van der Waals surface area contributed by atoms with Crippen LogP contribution >= 0.6 is 0 Å². The summed E-state index contributed by atoms with van der Waals surface area (Å²) >= 11 is 0. The average molecular weight is 504 g/mol. The monoisotopic (exact) mass is 503 g/mol. The second-order valence-corrected chi connectivity index (χ2v) is 10.7. The van der Waals surface area contributed by atoms with E-state index in [-0.39, 0.29) is 24.4 Å². The molecule has 2 aromatic rings. The minimum Gasteiger partial charge on any atom is -0.341 e. The molecule has 0 saturated carbocycles. The van der Waals surface area contributed by atoms with Crippen LogP contribution in [0.25, 0.3) is 0 Å². The van der Waals surface area contributed by atoms with Crippen molar-refractivity contribution in [3.05, 3.63) is 60.2 Å². The molecule has 0 unspecified atom stereocenters. The van der Waals surface area contributed by atoms with E-state index in [2.05, 4.69) is 17.1 Å². The van der Waals surface area contributed by atoms with Gasteiger partial charge in [-0.1, -0.05) is 43.3 Å². The van der Waals surface area contributed by atoms with Gasteiger partial charge in [0, 0.05) is 37.6 Å². The maximum Gasteiger partial charge on any atom is 0.321 e. The zero-order valence-electron chi connectivity index (χ0n) is 21.9. The van der Waals surface area contributed by atoms with Gasteiger partial charge in [0.15, 0.2) is 0 Å². The first-order chi connectivity index (χ1) is 17.9. The molecule has 0 radical (unpaired) electrons. The summed E-state index contributed by atoms with van der Waals surface area (Å²) < 4.78 is 0. The Labute approximate surface area is 219 Å². The fraction of sp³-hybridized carbons (Fsp3) is 0.483. The van der Waals surface area contributed by atoms with Crippen LogP contribution in [-0.4, -0.2) is 77.5 Å². The number of nitrogens with one attached hydrogen (secondary N) is 1. The first kappa shape index (κ1) is 25.1. The van der Waals surface area contributed by atoms with E-state index in [4.69, 9.17) is 0 Å². The highest BCUT2D eigenvalue weighted by Gasteiger charge is 2.54. The Hall–Kier alpha value is -3.55. The van der Waals surface area contributed by atoms with Crippen LogP contribution < -0.4 is 10.2 Å². The van der Waals surface area contributed by atoms with Gasteiger partial charge in [-0.05, 0) is 62.3 Å². The molecule has 37 heavy (non-hydrogen) atoms. The van der Waals surface area contributed by atoms with Gasteiger partial charge >= 0.3 is 6.03 Å². The molecule has 3 heterocycles. The molecule has 3 aliphatic heterocycles. The van der Waals surface area contributed by atoms with Crippen molar-refractivity contribution in [3.63, 3.8) is 0 Å².